The van der Waals surface area contributed by atoms with Gasteiger partial charge in [-0.1, -0.05) is 32.6 Å². The molecule has 4 fully saturated rings. The second kappa shape index (κ2) is 13.4. The fraction of sp³-hybridized carbons (Fsp3) is 0.655. The van der Waals surface area contributed by atoms with Gasteiger partial charge in [-0.05, 0) is 32.1 Å². The maximum absolute atomic E-state index is 9.11. The molecule has 6 heterocycles. The lowest BCUT2D eigenvalue weighted by atomic mass is 10.2. The zero-order valence-electron chi connectivity index (χ0n) is 25.9. The van der Waals surface area contributed by atoms with Crippen molar-refractivity contribution in [1.82, 2.24) is 39.0 Å². The van der Waals surface area contributed by atoms with Gasteiger partial charge in [0.2, 0.25) is 11.9 Å². The molecule has 0 aromatic carbocycles. The van der Waals surface area contributed by atoms with Crippen molar-refractivity contribution in [3.63, 3.8) is 0 Å². The first-order valence-corrected chi connectivity index (χ1v) is 16.2. The quantitative estimate of drug-likeness (QED) is 0.187. The van der Waals surface area contributed by atoms with Gasteiger partial charge in [0.15, 0.2) is 59.0 Å². The Bertz CT molecular complexity index is 1520. The number of fused-ring (bicyclic) bond motifs is 2. The van der Waals surface area contributed by atoms with E-state index < -0.39 is 6.29 Å². The monoisotopic (exact) mass is 638 g/mol. The first-order chi connectivity index (χ1) is 22.5. The third-order valence-corrected chi connectivity index (χ3v) is 8.84. The number of nitrogens with zero attached hydrogens (tertiary/aromatic N) is 8. The third kappa shape index (κ3) is 6.37. The number of nitrogen functional groups attached to an aromatic ring is 2. The highest BCUT2D eigenvalue weighted by Gasteiger charge is 2.30. The zero-order valence-corrected chi connectivity index (χ0v) is 25.9. The third-order valence-electron chi connectivity index (χ3n) is 8.84. The van der Waals surface area contributed by atoms with Gasteiger partial charge in [-0.15, -0.1) is 0 Å². The van der Waals surface area contributed by atoms with E-state index in [4.69, 9.17) is 35.5 Å². The number of hydrogen-bond acceptors (Lipinski definition) is 15. The van der Waals surface area contributed by atoms with Crippen molar-refractivity contribution in [2.24, 2.45) is 0 Å². The molecule has 0 bridgehead atoms. The number of anilines is 4. The zero-order chi connectivity index (χ0) is 31.6. The van der Waals surface area contributed by atoms with Crippen molar-refractivity contribution in [2.45, 2.75) is 102 Å². The van der Waals surface area contributed by atoms with Gasteiger partial charge in [-0.25, -0.2) is 9.97 Å². The lowest BCUT2D eigenvalue weighted by molar-refractivity contribution is -0.0980. The first kappa shape index (κ1) is 30.7. The van der Waals surface area contributed by atoms with E-state index in [0.717, 1.165) is 37.6 Å². The average molecular weight is 639 g/mol. The maximum atomic E-state index is 9.11. The Kier molecular flexibility index (Phi) is 8.99. The van der Waals surface area contributed by atoms with Crippen LogP contribution >= 0.6 is 0 Å². The maximum Gasteiger partial charge on any atom is 0.224 e. The molecule has 0 spiro atoms. The fourth-order valence-electron chi connectivity index (χ4n) is 6.50. The van der Waals surface area contributed by atoms with Crippen LogP contribution in [0.5, 0.6) is 0 Å². The second-order valence-electron chi connectivity index (χ2n) is 12.1. The number of aliphatic hydroxyl groups is 1. The summed E-state index contributed by atoms with van der Waals surface area (Å²) in [4.78, 5) is 26.2. The minimum absolute atomic E-state index is 0.173. The summed E-state index contributed by atoms with van der Waals surface area (Å²) in [7, 11) is 0. The summed E-state index contributed by atoms with van der Waals surface area (Å²) in [5.74, 6) is 1.81. The van der Waals surface area contributed by atoms with E-state index >= 15 is 0 Å². The first-order valence-electron chi connectivity index (χ1n) is 16.2. The van der Waals surface area contributed by atoms with E-state index in [0.29, 0.717) is 53.7 Å². The van der Waals surface area contributed by atoms with Gasteiger partial charge in [-0.3, -0.25) is 9.13 Å². The van der Waals surface area contributed by atoms with Crippen molar-refractivity contribution >= 4 is 45.9 Å². The molecule has 0 radical (unpaired) electrons. The summed E-state index contributed by atoms with van der Waals surface area (Å²) >= 11 is 0. The van der Waals surface area contributed by atoms with E-state index in [1.807, 2.05) is 11.5 Å². The minimum Gasteiger partial charge on any atom is -0.391 e. The highest BCUT2D eigenvalue weighted by Crippen LogP contribution is 2.31. The van der Waals surface area contributed by atoms with Crippen molar-refractivity contribution in [3.8, 4) is 0 Å². The van der Waals surface area contributed by atoms with Gasteiger partial charge in [0, 0.05) is 12.1 Å². The van der Waals surface area contributed by atoms with Gasteiger partial charge >= 0.3 is 0 Å². The van der Waals surface area contributed by atoms with Crippen LogP contribution in [0.1, 0.15) is 77.2 Å². The van der Waals surface area contributed by atoms with Gasteiger partial charge in [0.05, 0.1) is 32.5 Å². The number of rotatable bonds is 8. The van der Waals surface area contributed by atoms with E-state index in [1.165, 1.54) is 25.7 Å². The number of aromatic nitrogens is 8. The van der Waals surface area contributed by atoms with Crippen LogP contribution in [0.2, 0.25) is 0 Å². The molecule has 0 amide bonds. The van der Waals surface area contributed by atoms with Crippen LogP contribution in [-0.2, 0) is 18.9 Å². The number of aliphatic hydroxyl groups excluding tert-OH is 1. The highest BCUT2D eigenvalue weighted by molar-refractivity contribution is 5.85. The van der Waals surface area contributed by atoms with Crippen LogP contribution in [0.3, 0.4) is 0 Å². The highest BCUT2D eigenvalue weighted by atomic mass is 16.7. The minimum atomic E-state index is -0.618. The standard InChI is InChI=1S/C15H22N6O2.C14H20N6O3/c1-2-11-22-7-10(23-11)21-8-17-12-13(18-9-5-3-4-6-9)19-15(16)20-14(12)21;15-14-18-12(17-8-3-1-2-4-8)11-13(19-14)20(7-16-11)9-6-22-10(5-21)23-9/h8-11H,2-7H2,1H3,(H3,16,18,19,20);7-10,21H,1-6H2,(H3,15,17,18,19)/t10-,11-;9-,10-/m11/s1. The molecular weight excluding hydrogens is 596 g/mol. The number of ether oxygens (including phenoxy) is 4. The Morgan fingerprint density at radius 2 is 1.20 bits per heavy atom. The van der Waals surface area contributed by atoms with Crippen LogP contribution in [0.4, 0.5) is 23.5 Å². The number of hydrogen-bond donors (Lipinski definition) is 5. The van der Waals surface area contributed by atoms with Crippen LogP contribution in [-0.4, -0.2) is 88.6 Å². The predicted octanol–water partition coefficient (Wildman–Crippen LogP) is 2.67. The molecular formula is C29H42N12O5. The van der Waals surface area contributed by atoms with E-state index in [1.54, 1.807) is 17.2 Å². The SMILES string of the molecule is CC[C@@H]1OC[C@H](n2cnc3c(NC4CCCC4)nc(N)nc32)O1.Nc1nc(NC2CCCC2)c2ncn([C@H]3CO[C@@H](CO)O3)c2n1. The molecule has 4 aromatic rings. The lowest BCUT2D eigenvalue weighted by Gasteiger charge is -2.14. The molecule has 8 rings (SSSR count). The summed E-state index contributed by atoms with van der Waals surface area (Å²) in [6.07, 6.45) is 12.3. The molecule has 2 saturated carbocycles. The van der Waals surface area contributed by atoms with E-state index in [2.05, 4.69) is 40.5 Å². The van der Waals surface area contributed by atoms with Crippen molar-refractivity contribution in [3.05, 3.63) is 12.7 Å². The molecule has 46 heavy (non-hydrogen) atoms. The Labute approximate surface area is 265 Å². The molecule has 17 nitrogen and oxygen atoms in total. The van der Waals surface area contributed by atoms with Gasteiger partial charge in [-0.2, -0.15) is 19.9 Å². The average Bonchev–Trinajstić information content (AvgIpc) is 3.89. The number of nitrogens with one attached hydrogen (secondary N) is 2. The Morgan fingerprint density at radius 3 is 1.61 bits per heavy atom. The lowest BCUT2D eigenvalue weighted by Crippen LogP contribution is -2.17. The molecule has 4 atom stereocenters. The van der Waals surface area contributed by atoms with Gasteiger partial charge in [0.25, 0.3) is 0 Å². The van der Waals surface area contributed by atoms with Gasteiger partial charge in [0.1, 0.15) is 0 Å². The van der Waals surface area contributed by atoms with Crippen molar-refractivity contribution in [1.29, 1.82) is 0 Å². The summed E-state index contributed by atoms with van der Waals surface area (Å²) in [6.45, 7) is 2.66. The number of nitrogens with two attached hydrogens (primary N) is 2. The van der Waals surface area contributed by atoms with E-state index in [9.17, 15) is 0 Å². The molecule has 2 aliphatic carbocycles. The van der Waals surface area contributed by atoms with Crippen molar-refractivity contribution < 1.29 is 24.1 Å². The molecule has 2 saturated heterocycles. The topological polar surface area (TPSA) is 220 Å². The molecule has 2 aliphatic heterocycles. The molecule has 4 aromatic heterocycles. The summed E-state index contributed by atoms with van der Waals surface area (Å²) in [5.41, 5.74) is 14.5. The second-order valence-corrected chi connectivity index (χ2v) is 12.1. The largest absolute Gasteiger partial charge is 0.391 e. The van der Waals surface area contributed by atoms with Crippen LogP contribution < -0.4 is 22.1 Å². The molecule has 0 unspecified atom stereocenters. The molecule has 17 heteroatoms. The molecule has 248 valence electrons. The van der Waals surface area contributed by atoms with Crippen molar-refractivity contribution in [2.75, 3.05) is 41.9 Å². The predicted molar refractivity (Wildman–Crippen MR) is 168 cm³/mol. The summed E-state index contributed by atoms with van der Waals surface area (Å²) in [5, 5.41) is 16.0. The van der Waals surface area contributed by atoms with Crippen LogP contribution in [0.25, 0.3) is 22.3 Å². The molecule has 7 N–H and O–H groups in total. The smallest absolute Gasteiger partial charge is 0.224 e. The summed E-state index contributed by atoms with van der Waals surface area (Å²) < 4.78 is 26.0. The Morgan fingerprint density at radius 1 is 0.739 bits per heavy atom. The Balaban J connectivity index is 0.000000147. The Hall–Kier alpha value is -3.90. The van der Waals surface area contributed by atoms with Gasteiger partial charge < -0.3 is 46.2 Å². The van der Waals surface area contributed by atoms with E-state index in [-0.39, 0.29) is 37.2 Å². The van der Waals surface area contributed by atoms with Crippen LogP contribution in [0.15, 0.2) is 12.7 Å². The molecule has 4 aliphatic rings. The van der Waals surface area contributed by atoms with Crippen LogP contribution in [0, 0.1) is 0 Å². The summed E-state index contributed by atoms with van der Waals surface area (Å²) in [6, 6.07) is 0.843. The number of imidazole rings is 2. The normalized spacial score (nSPS) is 25.4. The fourth-order valence-corrected chi connectivity index (χ4v) is 6.50.